The van der Waals surface area contributed by atoms with Crippen molar-refractivity contribution in [1.82, 2.24) is 10.2 Å². The van der Waals surface area contributed by atoms with Crippen LogP contribution in [-0.2, 0) is 4.79 Å². The maximum Gasteiger partial charge on any atom is 0.281 e. The van der Waals surface area contributed by atoms with E-state index in [1.54, 1.807) is 4.90 Å². The molecule has 1 aliphatic rings. The van der Waals surface area contributed by atoms with Gasteiger partial charge in [0.1, 0.15) is 0 Å². The number of hydrogen-bond acceptors (Lipinski definition) is 5. The van der Waals surface area contributed by atoms with Gasteiger partial charge in [-0.2, -0.15) is 0 Å². The molecule has 1 fully saturated rings. The van der Waals surface area contributed by atoms with E-state index in [-0.39, 0.29) is 17.2 Å². The summed E-state index contributed by atoms with van der Waals surface area (Å²) in [7, 11) is 0. The van der Waals surface area contributed by atoms with Gasteiger partial charge in [0.15, 0.2) is 11.5 Å². The third-order valence-electron chi connectivity index (χ3n) is 3.90. The Morgan fingerprint density at radius 3 is 2.64 bits per heavy atom. The van der Waals surface area contributed by atoms with Gasteiger partial charge in [-0.3, -0.25) is 9.59 Å². The molecule has 1 atom stereocenters. The zero-order valence-corrected chi connectivity index (χ0v) is 15.9. The molecule has 0 aliphatic carbocycles. The number of thioether (sulfide) groups is 1. The summed E-state index contributed by atoms with van der Waals surface area (Å²) in [6.45, 7) is 8.09. The third-order valence-corrected chi connectivity index (χ3v) is 4.79. The van der Waals surface area contributed by atoms with Gasteiger partial charge in [-0.25, -0.2) is 0 Å². The number of carbonyl (C=O) groups excluding carboxylic acids is 2. The molecule has 0 saturated carbocycles. The third kappa shape index (κ3) is 5.56. The second-order valence-electron chi connectivity index (χ2n) is 5.71. The molecule has 0 spiro atoms. The predicted octanol–water partition coefficient (Wildman–Crippen LogP) is 3.22. The van der Waals surface area contributed by atoms with E-state index in [2.05, 4.69) is 5.32 Å². The topological polar surface area (TPSA) is 67.9 Å². The fourth-order valence-corrected chi connectivity index (χ4v) is 3.45. The molecule has 25 heavy (non-hydrogen) atoms. The van der Waals surface area contributed by atoms with E-state index in [0.717, 1.165) is 17.9 Å². The van der Waals surface area contributed by atoms with E-state index in [4.69, 9.17) is 9.47 Å². The molecule has 1 aromatic carbocycles. The molecule has 0 unspecified atom stereocenters. The van der Waals surface area contributed by atoms with Crippen molar-refractivity contribution in [3.8, 4) is 11.5 Å². The summed E-state index contributed by atoms with van der Waals surface area (Å²) in [5, 5.41) is 3.04. The highest BCUT2D eigenvalue weighted by molar-refractivity contribution is 8.13. The van der Waals surface area contributed by atoms with Gasteiger partial charge in [0.2, 0.25) is 5.91 Å². The fraction of sp³-hybridized carbons (Fsp3) is 0.556. The van der Waals surface area contributed by atoms with Gasteiger partial charge in [0, 0.05) is 25.3 Å². The molecule has 1 heterocycles. The van der Waals surface area contributed by atoms with Gasteiger partial charge in [0.05, 0.1) is 19.3 Å². The second-order valence-corrected chi connectivity index (χ2v) is 6.76. The van der Waals surface area contributed by atoms with Crippen LogP contribution in [0.3, 0.4) is 0 Å². The van der Waals surface area contributed by atoms with Gasteiger partial charge in [-0.1, -0.05) is 17.8 Å². The monoisotopic (exact) mass is 366 g/mol. The summed E-state index contributed by atoms with van der Waals surface area (Å²) in [4.78, 5) is 25.4. The molecule has 1 aliphatic heterocycles. The largest absolute Gasteiger partial charge is 0.490 e. The average molecular weight is 366 g/mol. The Hall–Kier alpha value is -1.89. The Kier molecular flexibility index (Phi) is 7.43. The summed E-state index contributed by atoms with van der Waals surface area (Å²) >= 11 is 1.31. The van der Waals surface area contributed by atoms with Crippen molar-refractivity contribution >= 4 is 22.9 Å². The van der Waals surface area contributed by atoms with Crippen molar-refractivity contribution in [2.75, 3.05) is 32.1 Å². The molecule has 6 nitrogen and oxygen atoms in total. The van der Waals surface area contributed by atoms with Crippen molar-refractivity contribution in [1.29, 1.82) is 0 Å². The van der Waals surface area contributed by atoms with Crippen molar-refractivity contribution in [2.24, 2.45) is 0 Å². The van der Waals surface area contributed by atoms with Crippen LogP contribution < -0.4 is 14.8 Å². The lowest BCUT2D eigenvalue weighted by atomic mass is 10.1. The number of ether oxygens (including phenoxy) is 2. The van der Waals surface area contributed by atoms with Crippen molar-refractivity contribution < 1.29 is 19.1 Å². The first kappa shape index (κ1) is 19.4. The van der Waals surface area contributed by atoms with Gasteiger partial charge < -0.3 is 19.7 Å². The number of nitrogens with zero attached hydrogens (tertiary/aromatic N) is 1. The zero-order chi connectivity index (χ0) is 18.2. The standard InChI is InChI=1S/C18H26N2O4S/c1-4-23-15-7-6-14(12-16(15)24-5-2)13(3)19-17(21)8-9-20-10-11-25-18(20)22/h6-7,12-13H,4-5,8-11H2,1-3H3,(H,19,21)/t13-/m1/s1. The van der Waals surface area contributed by atoms with Gasteiger partial charge in [-0.15, -0.1) is 0 Å². The first-order valence-corrected chi connectivity index (χ1v) is 9.64. The van der Waals surface area contributed by atoms with Crippen molar-refractivity contribution in [3.63, 3.8) is 0 Å². The van der Waals surface area contributed by atoms with Gasteiger partial charge in [-0.05, 0) is 38.5 Å². The maximum absolute atomic E-state index is 12.2. The zero-order valence-electron chi connectivity index (χ0n) is 15.0. The minimum absolute atomic E-state index is 0.0636. The number of benzene rings is 1. The normalized spacial score (nSPS) is 15.2. The molecule has 0 radical (unpaired) electrons. The molecule has 138 valence electrons. The molecule has 1 N–H and O–H groups in total. The summed E-state index contributed by atoms with van der Waals surface area (Å²) in [5.74, 6) is 2.13. The molecule has 0 aromatic heterocycles. The summed E-state index contributed by atoms with van der Waals surface area (Å²) in [5.41, 5.74) is 0.952. The predicted molar refractivity (Wildman–Crippen MR) is 99.4 cm³/mol. The highest BCUT2D eigenvalue weighted by Crippen LogP contribution is 2.30. The van der Waals surface area contributed by atoms with Crippen molar-refractivity contribution in [3.05, 3.63) is 23.8 Å². The Labute approximate surface area is 153 Å². The van der Waals surface area contributed by atoms with E-state index < -0.39 is 0 Å². The molecule has 0 bridgehead atoms. The quantitative estimate of drug-likeness (QED) is 0.727. The molecule has 1 saturated heterocycles. The van der Waals surface area contributed by atoms with Crippen LogP contribution in [0.15, 0.2) is 18.2 Å². The highest BCUT2D eigenvalue weighted by Gasteiger charge is 2.21. The minimum atomic E-state index is -0.147. The smallest absolute Gasteiger partial charge is 0.281 e. The van der Waals surface area contributed by atoms with Crippen LogP contribution in [-0.4, -0.2) is 48.1 Å². The number of amides is 2. The van der Waals surface area contributed by atoms with E-state index in [1.807, 2.05) is 39.0 Å². The van der Waals surface area contributed by atoms with Crippen LogP contribution in [0, 0.1) is 0 Å². The second kappa shape index (κ2) is 9.56. The van der Waals surface area contributed by atoms with E-state index >= 15 is 0 Å². The number of carbonyl (C=O) groups is 2. The Bertz CT molecular complexity index is 609. The summed E-state index contributed by atoms with van der Waals surface area (Å²) in [6, 6.07) is 5.55. The lowest BCUT2D eigenvalue weighted by Gasteiger charge is -2.19. The SMILES string of the molecule is CCOc1ccc([C@@H](C)NC(=O)CCN2CCSC2=O)cc1OCC. The molecular weight excluding hydrogens is 340 g/mol. The molecular formula is C18H26N2O4S. The number of rotatable bonds is 9. The van der Waals surface area contributed by atoms with Crippen LogP contribution in [0.4, 0.5) is 4.79 Å². The van der Waals surface area contributed by atoms with Crippen molar-refractivity contribution in [2.45, 2.75) is 33.2 Å². The average Bonchev–Trinajstić information content (AvgIpc) is 3.00. The Balaban J connectivity index is 1.92. The van der Waals surface area contributed by atoms with E-state index in [1.165, 1.54) is 11.8 Å². The van der Waals surface area contributed by atoms with E-state index in [9.17, 15) is 9.59 Å². The summed E-state index contributed by atoms with van der Waals surface area (Å²) < 4.78 is 11.2. The maximum atomic E-state index is 12.2. The van der Waals surface area contributed by atoms with Gasteiger partial charge in [0.25, 0.3) is 5.24 Å². The lowest BCUT2D eigenvalue weighted by Crippen LogP contribution is -2.32. The van der Waals surface area contributed by atoms with Crippen LogP contribution in [0.5, 0.6) is 11.5 Å². The number of nitrogens with one attached hydrogen (secondary N) is 1. The molecule has 1 aromatic rings. The Morgan fingerprint density at radius 1 is 1.28 bits per heavy atom. The van der Waals surface area contributed by atoms with Crippen LogP contribution in [0.1, 0.15) is 38.8 Å². The highest BCUT2D eigenvalue weighted by atomic mass is 32.2. The first-order chi connectivity index (χ1) is 12.0. The minimum Gasteiger partial charge on any atom is -0.490 e. The molecule has 7 heteroatoms. The summed E-state index contributed by atoms with van der Waals surface area (Å²) in [6.07, 6.45) is 0.311. The van der Waals surface area contributed by atoms with Gasteiger partial charge >= 0.3 is 0 Å². The van der Waals surface area contributed by atoms with Crippen LogP contribution in [0.2, 0.25) is 0 Å². The molecule has 2 rings (SSSR count). The fourth-order valence-electron chi connectivity index (χ4n) is 2.60. The first-order valence-electron chi connectivity index (χ1n) is 8.65. The Morgan fingerprint density at radius 2 is 2.00 bits per heavy atom. The van der Waals surface area contributed by atoms with Crippen LogP contribution >= 0.6 is 11.8 Å². The molecule has 2 amide bonds. The number of hydrogen-bond donors (Lipinski definition) is 1. The van der Waals surface area contributed by atoms with Crippen LogP contribution in [0.25, 0.3) is 0 Å². The van der Waals surface area contributed by atoms with E-state index in [0.29, 0.717) is 37.7 Å². The lowest BCUT2D eigenvalue weighted by molar-refractivity contribution is -0.121.